The number of nitrogens with zero attached hydrogens (tertiary/aromatic N) is 8. The van der Waals surface area contributed by atoms with Crippen LogP contribution in [0.2, 0.25) is 0 Å². The molecule has 21 heavy (non-hydrogen) atoms. The first-order valence-corrected chi connectivity index (χ1v) is 6.13. The van der Waals surface area contributed by atoms with E-state index >= 15 is 0 Å². The van der Waals surface area contributed by atoms with Gasteiger partial charge in [-0.25, -0.2) is 9.67 Å². The van der Waals surface area contributed by atoms with Gasteiger partial charge in [-0.3, -0.25) is 0 Å². The number of hydrogen-bond donors (Lipinski definition) is 1. The number of rotatable bonds is 4. The third kappa shape index (κ3) is 2.63. The highest BCUT2D eigenvalue weighted by Gasteiger charge is 2.12. The van der Waals surface area contributed by atoms with Crippen LogP contribution in [0.1, 0.15) is 5.69 Å². The second kappa shape index (κ2) is 5.15. The zero-order valence-corrected chi connectivity index (χ0v) is 11.7. The van der Waals surface area contributed by atoms with Crippen LogP contribution in [0.25, 0.3) is 5.95 Å². The third-order valence-electron chi connectivity index (χ3n) is 2.61. The Hall–Kier alpha value is -3.04. The van der Waals surface area contributed by atoms with Crippen molar-refractivity contribution in [1.29, 1.82) is 0 Å². The van der Waals surface area contributed by atoms with Crippen molar-refractivity contribution in [2.24, 2.45) is 7.05 Å². The van der Waals surface area contributed by atoms with Crippen molar-refractivity contribution in [3.63, 3.8) is 0 Å². The van der Waals surface area contributed by atoms with Crippen LogP contribution < -0.4 is 10.1 Å². The lowest BCUT2D eigenvalue weighted by molar-refractivity contribution is 0.396. The summed E-state index contributed by atoms with van der Waals surface area (Å²) in [5.41, 5.74) is 0.840. The quantitative estimate of drug-likeness (QED) is 0.731. The van der Waals surface area contributed by atoms with Crippen LogP contribution >= 0.6 is 0 Å². The summed E-state index contributed by atoms with van der Waals surface area (Å²) in [5, 5.41) is 11.0. The van der Waals surface area contributed by atoms with E-state index in [9.17, 15) is 0 Å². The Labute approximate surface area is 119 Å². The van der Waals surface area contributed by atoms with Crippen LogP contribution in [0.15, 0.2) is 18.7 Å². The standard InChI is InChI=1S/C11H13N9O/c1-7-4-8(19(3)18-7)21-11-16-9(12-2)15-10(17-11)20-6-13-5-14-20/h4-6H,1-3H3,(H,12,15,16,17). The minimum absolute atomic E-state index is 0.142. The molecular weight excluding hydrogens is 274 g/mol. The van der Waals surface area contributed by atoms with E-state index in [2.05, 4.69) is 35.5 Å². The largest absolute Gasteiger partial charge is 0.405 e. The highest BCUT2D eigenvalue weighted by Crippen LogP contribution is 2.19. The van der Waals surface area contributed by atoms with Crippen molar-refractivity contribution >= 4 is 5.95 Å². The number of aromatic nitrogens is 8. The molecule has 0 fully saturated rings. The molecule has 10 nitrogen and oxygen atoms in total. The van der Waals surface area contributed by atoms with Crippen molar-refractivity contribution < 1.29 is 4.74 Å². The molecule has 0 amide bonds. The monoisotopic (exact) mass is 287 g/mol. The maximum Gasteiger partial charge on any atom is 0.330 e. The van der Waals surface area contributed by atoms with Gasteiger partial charge in [0, 0.05) is 20.2 Å². The predicted molar refractivity (Wildman–Crippen MR) is 72.3 cm³/mol. The summed E-state index contributed by atoms with van der Waals surface area (Å²) in [6.45, 7) is 1.88. The summed E-state index contributed by atoms with van der Waals surface area (Å²) in [6.07, 6.45) is 2.89. The van der Waals surface area contributed by atoms with Crippen LogP contribution in [0.4, 0.5) is 5.95 Å². The number of aryl methyl sites for hydroxylation is 2. The Bertz CT molecular complexity index is 749. The Morgan fingerprint density at radius 2 is 2.10 bits per heavy atom. The molecule has 0 radical (unpaired) electrons. The zero-order valence-electron chi connectivity index (χ0n) is 11.7. The molecule has 3 aromatic rings. The van der Waals surface area contributed by atoms with Gasteiger partial charge in [0.25, 0.3) is 5.95 Å². The molecule has 0 aliphatic heterocycles. The summed E-state index contributed by atoms with van der Waals surface area (Å²) >= 11 is 0. The fraction of sp³-hybridized carbons (Fsp3) is 0.273. The normalized spacial score (nSPS) is 10.6. The van der Waals surface area contributed by atoms with Gasteiger partial charge in [0.2, 0.25) is 11.8 Å². The zero-order chi connectivity index (χ0) is 14.8. The SMILES string of the molecule is CNc1nc(Oc2cc(C)nn2C)nc(-n2cncn2)n1. The maximum absolute atomic E-state index is 5.65. The molecule has 3 rings (SSSR count). The molecule has 0 aliphatic carbocycles. The van der Waals surface area contributed by atoms with Crippen molar-refractivity contribution in [3.8, 4) is 17.8 Å². The van der Waals surface area contributed by atoms with Crippen molar-refractivity contribution in [2.45, 2.75) is 6.92 Å². The smallest absolute Gasteiger partial charge is 0.330 e. The molecule has 1 N–H and O–H groups in total. The van der Waals surface area contributed by atoms with E-state index in [-0.39, 0.29) is 6.01 Å². The first-order chi connectivity index (χ1) is 10.2. The van der Waals surface area contributed by atoms with E-state index in [1.807, 2.05) is 6.92 Å². The number of nitrogens with one attached hydrogen (secondary N) is 1. The topological polar surface area (TPSA) is 108 Å². The Kier molecular flexibility index (Phi) is 3.18. The first kappa shape index (κ1) is 13.0. The summed E-state index contributed by atoms with van der Waals surface area (Å²) < 4.78 is 8.67. The molecule has 0 bridgehead atoms. The third-order valence-corrected chi connectivity index (χ3v) is 2.61. The summed E-state index contributed by atoms with van der Waals surface area (Å²) in [7, 11) is 3.49. The minimum atomic E-state index is 0.142. The van der Waals surface area contributed by atoms with E-state index in [0.717, 1.165) is 5.69 Å². The molecule has 0 atom stereocenters. The van der Waals surface area contributed by atoms with Crippen LogP contribution in [-0.4, -0.2) is 46.5 Å². The fourth-order valence-electron chi connectivity index (χ4n) is 1.69. The van der Waals surface area contributed by atoms with Crippen LogP contribution in [0.5, 0.6) is 11.9 Å². The second-order valence-electron chi connectivity index (χ2n) is 4.18. The Morgan fingerprint density at radius 3 is 2.71 bits per heavy atom. The lowest BCUT2D eigenvalue weighted by atomic mass is 10.5. The molecule has 0 saturated heterocycles. The fourth-order valence-corrected chi connectivity index (χ4v) is 1.69. The minimum Gasteiger partial charge on any atom is -0.405 e. The van der Waals surface area contributed by atoms with Crippen LogP contribution in [-0.2, 0) is 7.05 Å². The lowest BCUT2D eigenvalue weighted by Crippen LogP contribution is -2.08. The van der Waals surface area contributed by atoms with Crippen molar-refractivity contribution in [2.75, 3.05) is 12.4 Å². The molecule has 10 heteroatoms. The summed E-state index contributed by atoms with van der Waals surface area (Å²) in [6, 6.07) is 1.93. The van der Waals surface area contributed by atoms with E-state index in [1.165, 1.54) is 17.3 Å². The van der Waals surface area contributed by atoms with E-state index in [4.69, 9.17) is 4.74 Å². The van der Waals surface area contributed by atoms with Gasteiger partial charge in [-0.2, -0.15) is 29.8 Å². The van der Waals surface area contributed by atoms with Crippen LogP contribution in [0.3, 0.4) is 0 Å². The maximum atomic E-state index is 5.65. The van der Waals surface area contributed by atoms with Gasteiger partial charge in [-0.15, -0.1) is 0 Å². The molecule has 108 valence electrons. The molecule has 3 aromatic heterocycles. The molecule has 0 saturated carbocycles. The predicted octanol–water partition coefficient (Wildman–Crippen LogP) is 0.328. The molecule has 3 heterocycles. The highest BCUT2D eigenvalue weighted by atomic mass is 16.5. The van der Waals surface area contributed by atoms with Crippen molar-refractivity contribution in [3.05, 3.63) is 24.4 Å². The second-order valence-corrected chi connectivity index (χ2v) is 4.18. The molecule has 0 unspecified atom stereocenters. The van der Waals surface area contributed by atoms with Gasteiger partial charge < -0.3 is 10.1 Å². The van der Waals surface area contributed by atoms with E-state index in [1.54, 1.807) is 24.8 Å². The summed E-state index contributed by atoms with van der Waals surface area (Å²) in [5.74, 6) is 1.20. The number of anilines is 1. The van der Waals surface area contributed by atoms with Crippen molar-refractivity contribution in [1.82, 2.24) is 39.5 Å². The first-order valence-electron chi connectivity index (χ1n) is 6.13. The lowest BCUT2D eigenvalue weighted by Gasteiger charge is -2.07. The number of hydrogen-bond acceptors (Lipinski definition) is 8. The highest BCUT2D eigenvalue weighted by molar-refractivity contribution is 5.30. The van der Waals surface area contributed by atoms with Gasteiger partial charge >= 0.3 is 6.01 Å². The number of ether oxygens (including phenoxy) is 1. The van der Waals surface area contributed by atoms with Crippen LogP contribution in [0, 0.1) is 6.92 Å². The summed E-state index contributed by atoms with van der Waals surface area (Å²) in [4.78, 5) is 16.4. The van der Waals surface area contributed by atoms with Gasteiger partial charge in [-0.1, -0.05) is 0 Å². The average Bonchev–Trinajstić information content (AvgIpc) is 3.09. The molecule has 0 aromatic carbocycles. The van der Waals surface area contributed by atoms with E-state index in [0.29, 0.717) is 17.8 Å². The van der Waals surface area contributed by atoms with Gasteiger partial charge in [0.15, 0.2) is 0 Å². The molecular formula is C11H13N9O. The molecule has 0 spiro atoms. The van der Waals surface area contributed by atoms with Gasteiger partial charge in [0.05, 0.1) is 5.69 Å². The van der Waals surface area contributed by atoms with Gasteiger partial charge in [0.1, 0.15) is 12.7 Å². The Balaban J connectivity index is 1.98. The average molecular weight is 287 g/mol. The van der Waals surface area contributed by atoms with Gasteiger partial charge in [-0.05, 0) is 6.92 Å². The Morgan fingerprint density at radius 1 is 1.24 bits per heavy atom. The molecule has 0 aliphatic rings. The van der Waals surface area contributed by atoms with E-state index < -0.39 is 0 Å².